The van der Waals surface area contributed by atoms with Crippen molar-refractivity contribution in [3.8, 4) is 11.5 Å². The number of aliphatic carboxylic acids is 1. The number of ether oxygens (including phenoxy) is 3. The summed E-state index contributed by atoms with van der Waals surface area (Å²) in [5, 5.41) is 21.5. The second-order valence-electron chi connectivity index (χ2n) is 9.00. The number of benzene rings is 1. The summed E-state index contributed by atoms with van der Waals surface area (Å²) in [6.45, 7) is 9.15. The Labute approximate surface area is 187 Å². The van der Waals surface area contributed by atoms with Crippen LogP contribution in [0.2, 0.25) is 0 Å². The van der Waals surface area contributed by atoms with Crippen LogP contribution in [0, 0.1) is 17.3 Å². The zero-order valence-corrected chi connectivity index (χ0v) is 20.1. The minimum absolute atomic E-state index is 0.238. The van der Waals surface area contributed by atoms with Crippen LogP contribution >= 0.6 is 0 Å². The maximum atomic E-state index is 12.5. The molecule has 0 saturated heterocycles. The molecule has 0 aliphatic carbocycles. The third kappa shape index (κ3) is 7.69. The maximum Gasteiger partial charge on any atom is 0.312 e. The molecule has 6 nitrogen and oxygen atoms in total. The molecule has 2 unspecified atom stereocenters. The van der Waals surface area contributed by atoms with E-state index in [9.17, 15) is 15.0 Å². The zero-order chi connectivity index (χ0) is 23.4. The van der Waals surface area contributed by atoms with Crippen LogP contribution in [0.1, 0.15) is 77.9 Å². The van der Waals surface area contributed by atoms with Gasteiger partial charge in [-0.3, -0.25) is 4.79 Å². The van der Waals surface area contributed by atoms with Gasteiger partial charge in [0.25, 0.3) is 0 Å². The maximum absolute atomic E-state index is 12.5. The molecule has 0 aliphatic rings. The average molecular weight is 439 g/mol. The summed E-state index contributed by atoms with van der Waals surface area (Å²) in [5.74, 6) is 0.486. The lowest BCUT2D eigenvalue weighted by Crippen LogP contribution is -2.42. The fourth-order valence-corrected chi connectivity index (χ4v) is 4.02. The molecule has 0 spiro atoms. The summed E-state index contributed by atoms with van der Waals surface area (Å²) in [6, 6.07) is 5.15. The fourth-order valence-electron chi connectivity index (χ4n) is 4.02. The molecule has 0 amide bonds. The Bertz CT molecular complexity index is 657. The minimum atomic E-state index is -1.26. The van der Waals surface area contributed by atoms with Gasteiger partial charge in [-0.2, -0.15) is 0 Å². The SMILES string of the molecule is COCCCOc1cc(C(O)C(CCCCCC(C)C)(C(=O)O)C(C)C)ccc1OC. The van der Waals surface area contributed by atoms with Gasteiger partial charge in [0, 0.05) is 20.1 Å². The lowest BCUT2D eigenvalue weighted by atomic mass is 9.67. The number of aliphatic hydroxyl groups excluding tert-OH is 1. The molecule has 0 fully saturated rings. The van der Waals surface area contributed by atoms with E-state index in [4.69, 9.17) is 14.2 Å². The normalized spacial score (nSPS) is 14.5. The third-order valence-electron chi connectivity index (χ3n) is 6.04. The largest absolute Gasteiger partial charge is 0.493 e. The summed E-state index contributed by atoms with van der Waals surface area (Å²) >= 11 is 0. The quantitative estimate of drug-likeness (QED) is 0.333. The predicted octanol–water partition coefficient (Wildman–Crippen LogP) is 5.48. The molecule has 1 aromatic rings. The third-order valence-corrected chi connectivity index (χ3v) is 6.04. The molecule has 1 rings (SSSR count). The van der Waals surface area contributed by atoms with Crippen LogP contribution in [0.15, 0.2) is 18.2 Å². The molecule has 0 aromatic heterocycles. The molecule has 0 heterocycles. The smallest absolute Gasteiger partial charge is 0.312 e. The van der Waals surface area contributed by atoms with Crippen molar-refractivity contribution in [1.82, 2.24) is 0 Å². The van der Waals surface area contributed by atoms with Gasteiger partial charge in [0.15, 0.2) is 11.5 Å². The van der Waals surface area contributed by atoms with Crippen molar-refractivity contribution in [2.24, 2.45) is 17.3 Å². The molecule has 2 N–H and O–H groups in total. The second kappa shape index (κ2) is 13.6. The Morgan fingerprint density at radius 1 is 1.00 bits per heavy atom. The van der Waals surface area contributed by atoms with E-state index in [0.29, 0.717) is 49.0 Å². The molecule has 6 heteroatoms. The van der Waals surface area contributed by atoms with Gasteiger partial charge in [-0.05, 0) is 36.0 Å². The molecule has 0 saturated carbocycles. The van der Waals surface area contributed by atoms with Crippen LogP contribution in [0.4, 0.5) is 0 Å². The number of carboxylic acids is 1. The van der Waals surface area contributed by atoms with E-state index in [1.807, 2.05) is 13.8 Å². The first-order valence-corrected chi connectivity index (χ1v) is 11.4. The molecular formula is C25H42O6. The number of unbranched alkanes of at least 4 members (excludes halogenated alkanes) is 2. The summed E-state index contributed by atoms with van der Waals surface area (Å²) in [7, 11) is 3.19. The van der Waals surface area contributed by atoms with Crippen LogP contribution in [0.5, 0.6) is 11.5 Å². The van der Waals surface area contributed by atoms with Crippen LogP contribution < -0.4 is 9.47 Å². The van der Waals surface area contributed by atoms with E-state index in [2.05, 4.69) is 13.8 Å². The molecule has 2 atom stereocenters. The number of aliphatic hydroxyl groups is 1. The van der Waals surface area contributed by atoms with Crippen molar-refractivity contribution in [2.75, 3.05) is 27.4 Å². The highest BCUT2D eigenvalue weighted by Crippen LogP contribution is 2.46. The Morgan fingerprint density at radius 2 is 1.71 bits per heavy atom. The van der Waals surface area contributed by atoms with Crippen LogP contribution in [-0.4, -0.2) is 43.6 Å². The van der Waals surface area contributed by atoms with E-state index in [1.54, 1.807) is 32.4 Å². The molecular weight excluding hydrogens is 396 g/mol. The Morgan fingerprint density at radius 3 is 2.26 bits per heavy atom. The minimum Gasteiger partial charge on any atom is -0.493 e. The lowest BCUT2D eigenvalue weighted by molar-refractivity contribution is -0.163. The van der Waals surface area contributed by atoms with Crippen LogP contribution in [0.3, 0.4) is 0 Å². The molecule has 0 bridgehead atoms. The molecule has 178 valence electrons. The van der Waals surface area contributed by atoms with Crippen molar-refractivity contribution in [2.45, 2.75) is 72.3 Å². The van der Waals surface area contributed by atoms with Gasteiger partial charge in [0.05, 0.1) is 19.8 Å². The highest BCUT2D eigenvalue weighted by molar-refractivity contribution is 5.76. The summed E-state index contributed by atoms with van der Waals surface area (Å²) in [4.78, 5) is 12.5. The number of rotatable bonds is 16. The first-order valence-electron chi connectivity index (χ1n) is 11.4. The highest BCUT2D eigenvalue weighted by Gasteiger charge is 2.48. The lowest BCUT2D eigenvalue weighted by Gasteiger charge is -2.38. The van der Waals surface area contributed by atoms with Crippen molar-refractivity contribution in [3.05, 3.63) is 23.8 Å². The van der Waals surface area contributed by atoms with Gasteiger partial charge in [-0.15, -0.1) is 0 Å². The monoisotopic (exact) mass is 438 g/mol. The Kier molecular flexibility index (Phi) is 11.9. The number of hydrogen-bond donors (Lipinski definition) is 2. The highest BCUT2D eigenvalue weighted by atomic mass is 16.5. The zero-order valence-electron chi connectivity index (χ0n) is 20.1. The standard InChI is InChI=1S/C25H42O6/c1-18(2)11-8-7-9-14-25(19(3)4,24(27)28)23(26)20-12-13-21(30-6)22(17-20)31-16-10-15-29-5/h12-13,17-19,23,26H,7-11,14-16H2,1-6H3,(H,27,28). The van der Waals surface area contributed by atoms with Gasteiger partial charge in [-0.1, -0.05) is 59.4 Å². The number of carbonyl (C=O) groups is 1. The molecule has 1 aromatic carbocycles. The van der Waals surface area contributed by atoms with Gasteiger partial charge in [-0.25, -0.2) is 0 Å². The molecule has 0 aliphatic heterocycles. The van der Waals surface area contributed by atoms with E-state index in [-0.39, 0.29) is 5.92 Å². The number of methoxy groups -OCH3 is 2. The second-order valence-corrected chi connectivity index (χ2v) is 9.00. The van der Waals surface area contributed by atoms with Gasteiger partial charge in [0.1, 0.15) is 5.41 Å². The van der Waals surface area contributed by atoms with Gasteiger partial charge in [0.2, 0.25) is 0 Å². The number of hydrogen-bond acceptors (Lipinski definition) is 5. The Hall–Kier alpha value is -1.79. The molecule has 31 heavy (non-hydrogen) atoms. The van der Waals surface area contributed by atoms with Gasteiger partial charge < -0.3 is 24.4 Å². The summed E-state index contributed by atoms with van der Waals surface area (Å²) in [6.07, 6.45) is 3.93. The van der Waals surface area contributed by atoms with E-state index >= 15 is 0 Å². The first kappa shape index (κ1) is 27.2. The average Bonchev–Trinajstić information content (AvgIpc) is 2.72. The van der Waals surface area contributed by atoms with Crippen LogP contribution in [0.25, 0.3) is 0 Å². The van der Waals surface area contributed by atoms with E-state index in [0.717, 1.165) is 25.7 Å². The summed E-state index contributed by atoms with van der Waals surface area (Å²) in [5.41, 5.74) is -0.736. The van der Waals surface area contributed by atoms with E-state index < -0.39 is 17.5 Å². The van der Waals surface area contributed by atoms with E-state index in [1.165, 1.54) is 0 Å². The topological polar surface area (TPSA) is 85.2 Å². The fraction of sp³-hybridized carbons (Fsp3) is 0.720. The Balaban J connectivity index is 3.09. The van der Waals surface area contributed by atoms with Crippen molar-refractivity contribution in [1.29, 1.82) is 0 Å². The van der Waals surface area contributed by atoms with Crippen LogP contribution in [-0.2, 0) is 9.53 Å². The van der Waals surface area contributed by atoms with Crippen molar-refractivity contribution >= 4 is 5.97 Å². The predicted molar refractivity (Wildman–Crippen MR) is 123 cm³/mol. The van der Waals surface area contributed by atoms with Gasteiger partial charge >= 0.3 is 5.97 Å². The van der Waals surface area contributed by atoms with Crippen molar-refractivity contribution in [3.63, 3.8) is 0 Å². The molecule has 0 radical (unpaired) electrons. The summed E-state index contributed by atoms with van der Waals surface area (Å²) < 4.78 is 16.2. The number of carboxylic acid groups (broad SMARTS) is 1. The van der Waals surface area contributed by atoms with Crippen molar-refractivity contribution < 1.29 is 29.2 Å². The first-order chi connectivity index (χ1) is 14.7.